The van der Waals surface area contributed by atoms with Gasteiger partial charge >= 0.3 is 0 Å². The lowest BCUT2D eigenvalue weighted by molar-refractivity contribution is -0.111. The number of rotatable bonds is 6. The van der Waals surface area contributed by atoms with Gasteiger partial charge in [-0.05, 0) is 50.7 Å². The summed E-state index contributed by atoms with van der Waals surface area (Å²) in [6, 6.07) is 2.08. The van der Waals surface area contributed by atoms with Crippen molar-refractivity contribution in [3.05, 3.63) is 29.6 Å². The molecule has 5 heteroatoms. The third-order valence-corrected chi connectivity index (χ3v) is 4.36. The van der Waals surface area contributed by atoms with E-state index in [0.29, 0.717) is 17.9 Å². The molecule has 122 valence electrons. The Labute approximate surface area is 135 Å². The van der Waals surface area contributed by atoms with E-state index in [2.05, 4.69) is 21.4 Å². The number of carbonyl (C=O) groups excluding carboxylic acids is 2. The van der Waals surface area contributed by atoms with E-state index in [4.69, 9.17) is 0 Å². The summed E-state index contributed by atoms with van der Waals surface area (Å²) in [6.07, 6.45) is 7.55. The lowest BCUT2D eigenvalue weighted by atomic mass is 9.92. The van der Waals surface area contributed by atoms with Crippen molar-refractivity contribution in [3.63, 3.8) is 0 Å². The standard InChI is InChI=1S/C18H23N3O2/c1-11(10-22)7-18(2,3)21-17(23)15-9-20-16-14(15)6-13(8-19-16)12-4-5-12/h6,8-12H,4-5,7H2,1-3H3,(H,19,20)(H,21,23). The first-order valence-electron chi connectivity index (χ1n) is 8.14. The highest BCUT2D eigenvalue weighted by Crippen LogP contribution is 2.40. The van der Waals surface area contributed by atoms with Crippen LogP contribution in [0.1, 0.15) is 61.9 Å². The zero-order valence-electron chi connectivity index (χ0n) is 13.8. The number of aromatic amines is 1. The monoisotopic (exact) mass is 313 g/mol. The van der Waals surface area contributed by atoms with E-state index in [1.807, 2.05) is 27.0 Å². The van der Waals surface area contributed by atoms with Gasteiger partial charge in [-0.2, -0.15) is 0 Å². The fourth-order valence-electron chi connectivity index (χ4n) is 3.13. The largest absolute Gasteiger partial charge is 0.347 e. The van der Waals surface area contributed by atoms with E-state index in [9.17, 15) is 9.59 Å². The Bertz CT molecular complexity index is 744. The quantitative estimate of drug-likeness (QED) is 0.804. The molecule has 1 aliphatic rings. The highest BCUT2D eigenvalue weighted by molar-refractivity contribution is 6.06. The molecular formula is C18H23N3O2. The third kappa shape index (κ3) is 3.44. The van der Waals surface area contributed by atoms with Gasteiger partial charge in [0, 0.05) is 29.2 Å². The summed E-state index contributed by atoms with van der Waals surface area (Å²) in [5.74, 6) is 0.382. The molecule has 1 aliphatic carbocycles. The summed E-state index contributed by atoms with van der Waals surface area (Å²) in [6.45, 7) is 5.74. The van der Waals surface area contributed by atoms with Crippen molar-refractivity contribution in [1.29, 1.82) is 0 Å². The molecule has 1 amide bonds. The Morgan fingerprint density at radius 1 is 1.52 bits per heavy atom. The zero-order chi connectivity index (χ0) is 16.6. The van der Waals surface area contributed by atoms with E-state index < -0.39 is 5.54 Å². The van der Waals surface area contributed by atoms with Gasteiger partial charge in [-0.25, -0.2) is 4.98 Å². The maximum absolute atomic E-state index is 12.7. The Balaban J connectivity index is 1.82. The van der Waals surface area contributed by atoms with Crippen molar-refractivity contribution < 1.29 is 9.59 Å². The maximum Gasteiger partial charge on any atom is 0.253 e. The van der Waals surface area contributed by atoms with Crippen LogP contribution in [0.3, 0.4) is 0 Å². The average molecular weight is 313 g/mol. The molecule has 2 heterocycles. The Morgan fingerprint density at radius 2 is 2.26 bits per heavy atom. The van der Waals surface area contributed by atoms with Crippen molar-refractivity contribution in [2.45, 2.75) is 51.5 Å². The number of hydrogen-bond donors (Lipinski definition) is 2. The number of hydrogen-bond acceptors (Lipinski definition) is 3. The predicted octanol–water partition coefficient (Wildman–Crippen LogP) is 3.17. The number of aromatic nitrogens is 2. The van der Waals surface area contributed by atoms with Gasteiger partial charge < -0.3 is 15.1 Å². The number of nitrogens with one attached hydrogen (secondary N) is 2. The number of fused-ring (bicyclic) bond motifs is 1. The highest BCUT2D eigenvalue weighted by atomic mass is 16.1. The van der Waals surface area contributed by atoms with Crippen molar-refractivity contribution in [2.75, 3.05) is 0 Å². The molecule has 0 radical (unpaired) electrons. The van der Waals surface area contributed by atoms with Crippen molar-refractivity contribution >= 4 is 23.2 Å². The van der Waals surface area contributed by atoms with E-state index in [1.165, 1.54) is 18.4 Å². The molecule has 3 rings (SSSR count). The number of carbonyl (C=O) groups is 2. The van der Waals surface area contributed by atoms with Crippen molar-refractivity contribution in [2.24, 2.45) is 5.92 Å². The van der Waals surface area contributed by atoms with Crippen LogP contribution in [-0.4, -0.2) is 27.7 Å². The first-order valence-corrected chi connectivity index (χ1v) is 8.14. The van der Waals surface area contributed by atoms with Crippen molar-refractivity contribution in [1.82, 2.24) is 15.3 Å². The predicted molar refractivity (Wildman–Crippen MR) is 89.5 cm³/mol. The van der Waals surface area contributed by atoms with Crippen LogP contribution in [0.15, 0.2) is 18.5 Å². The number of amides is 1. The molecule has 5 nitrogen and oxygen atoms in total. The Kier molecular flexibility index (Phi) is 3.96. The molecule has 1 atom stereocenters. The van der Waals surface area contributed by atoms with E-state index in [1.54, 1.807) is 6.20 Å². The lowest BCUT2D eigenvalue weighted by Gasteiger charge is -2.27. The van der Waals surface area contributed by atoms with Gasteiger partial charge in [-0.15, -0.1) is 0 Å². The second-order valence-corrected chi connectivity index (χ2v) is 7.30. The Hall–Kier alpha value is -2.17. The molecule has 2 aromatic heterocycles. The summed E-state index contributed by atoms with van der Waals surface area (Å²) in [4.78, 5) is 31.0. The molecule has 1 fully saturated rings. The molecule has 1 unspecified atom stereocenters. The fraction of sp³-hybridized carbons (Fsp3) is 0.500. The van der Waals surface area contributed by atoms with Crippen LogP contribution in [-0.2, 0) is 4.79 Å². The molecule has 0 bridgehead atoms. The van der Waals surface area contributed by atoms with Crippen LogP contribution in [0.25, 0.3) is 11.0 Å². The summed E-state index contributed by atoms with van der Waals surface area (Å²) in [5.41, 5.74) is 2.11. The first-order chi connectivity index (χ1) is 10.9. The zero-order valence-corrected chi connectivity index (χ0v) is 13.8. The summed E-state index contributed by atoms with van der Waals surface area (Å²) in [7, 11) is 0. The number of H-pyrrole nitrogens is 1. The molecular weight excluding hydrogens is 290 g/mol. The van der Waals surface area contributed by atoms with Gasteiger partial charge in [0.05, 0.1) is 5.56 Å². The van der Waals surface area contributed by atoms with Crippen LogP contribution in [0.5, 0.6) is 0 Å². The van der Waals surface area contributed by atoms with Crippen LogP contribution < -0.4 is 5.32 Å². The SMILES string of the molecule is CC(C=O)CC(C)(C)NC(=O)c1c[nH]c2ncc(C3CC3)cc12. The summed E-state index contributed by atoms with van der Waals surface area (Å²) in [5, 5.41) is 3.90. The second-order valence-electron chi connectivity index (χ2n) is 7.30. The molecule has 1 saturated carbocycles. The minimum Gasteiger partial charge on any atom is -0.347 e. The summed E-state index contributed by atoms with van der Waals surface area (Å²) >= 11 is 0. The molecule has 0 aliphatic heterocycles. The van der Waals surface area contributed by atoms with Gasteiger partial charge in [0.15, 0.2) is 0 Å². The van der Waals surface area contributed by atoms with E-state index >= 15 is 0 Å². The van der Waals surface area contributed by atoms with Crippen molar-refractivity contribution in [3.8, 4) is 0 Å². The first kappa shape index (κ1) is 15.7. The number of aldehydes is 1. The highest BCUT2D eigenvalue weighted by Gasteiger charge is 2.27. The molecule has 23 heavy (non-hydrogen) atoms. The Morgan fingerprint density at radius 3 is 2.91 bits per heavy atom. The lowest BCUT2D eigenvalue weighted by Crippen LogP contribution is -2.44. The topological polar surface area (TPSA) is 74.8 Å². The minimum absolute atomic E-state index is 0.0867. The average Bonchev–Trinajstić information content (AvgIpc) is 3.25. The van der Waals surface area contributed by atoms with Gasteiger partial charge in [0.1, 0.15) is 11.9 Å². The van der Waals surface area contributed by atoms with Crippen LogP contribution >= 0.6 is 0 Å². The van der Waals surface area contributed by atoms with Gasteiger partial charge in [0.25, 0.3) is 5.91 Å². The second kappa shape index (κ2) is 5.80. The maximum atomic E-state index is 12.7. The smallest absolute Gasteiger partial charge is 0.253 e. The molecule has 2 N–H and O–H groups in total. The van der Waals surface area contributed by atoms with Gasteiger partial charge in [0.2, 0.25) is 0 Å². The van der Waals surface area contributed by atoms with Crippen LogP contribution in [0.2, 0.25) is 0 Å². The van der Waals surface area contributed by atoms with Crippen LogP contribution in [0, 0.1) is 5.92 Å². The number of nitrogens with zero attached hydrogens (tertiary/aromatic N) is 1. The van der Waals surface area contributed by atoms with Gasteiger partial charge in [-0.1, -0.05) is 6.92 Å². The number of pyridine rings is 1. The third-order valence-electron chi connectivity index (χ3n) is 4.36. The summed E-state index contributed by atoms with van der Waals surface area (Å²) < 4.78 is 0. The van der Waals surface area contributed by atoms with Crippen LogP contribution in [0.4, 0.5) is 0 Å². The van der Waals surface area contributed by atoms with E-state index in [-0.39, 0.29) is 11.8 Å². The molecule has 0 spiro atoms. The minimum atomic E-state index is -0.442. The molecule has 0 saturated heterocycles. The normalized spacial score (nSPS) is 16.3. The van der Waals surface area contributed by atoms with Gasteiger partial charge in [-0.3, -0.25) is 4.79 Å². The fourth-order valence-corrected chi connectivity index (χ4v) is 3.13. The van der Waals surface area contributed by atoms with E-state index in [0.717, 1.165) is 17.3 Å². The molecule has 2 aromatic rings. The molecule has 0 aromatic carbocycles.